The van der Waals surface area contributed by atoms with Crippen molar-refractivity contribution in [1.29, 1.82) is 0 Å². The molecule has 1 atom stereocenters. The molecule has 0 spiro atoms. The summed E-state index contributed by atoms with van der Waals surface area (Å²) in [6, 6.07) is 0.879. The summed E-state index contributed by atoms with van der Waals surface area (Å²) in [5.41, 5.74) is -0.840. The number of aromatic nitrogens is 1. The van der Waals surface area contributed by atoms with Crippen molar-refractivity contribution in [3.63, 3.8) is 0 Å². The first-order valence-corrected chi connectivity index (χ1v) is 11.4. The first-order chi connectivity index (χ1) is 15.2. The van der Waals surface area contributed by atoms with Crippen molar-refractivity contribution in [3.05, 3.63) is 22.6 Å². The summed E-state index contributed by atoms with van der Waals surface area (Å²) < 4.78 is 52.1. The third-order valence-electron chi connectivity index (χ3n) is 5.84. The number of nitrogens with zero attached hydrogens (tertiary/aromatic N) is 2. The van der Waals surface area contributed by atoms with Gasteiger partial charge in [-0.25, -0.2) is 9.78 Å². The highest BCUT2D eigenvalue weighted by atomic mass is 32.1. The molecule has 11 heteroatoms. The van der Waals surface area contributed by atoms with Crippen LogP contribution in [0.3, 0.4) is 0 Å². The highest BCUT2D eigenvalue weighted by Gasteiger charge is 2.36. The van der Waals surface area contributed by atoms with Gasteiger partial charge in [-0.2, -0.15) is 13.2 Å². The number of pyridine rings is 1. The Labute approximate surface area is 186 Å². The van der Waals surface area contributed by atoms with Gasteiger partial charge in [0.05, 0.1) is 21.3 Å². The molecule has 0 aromatic carbocycles. The second-order valence-corrected chi connectivity index (χ2v) is 9.02. The Kier molecular flexibility index (Phi) is 6.19. The zero-order valence-corrected chi connectivity index (χ0v) is 18.5. The summed E-state index contributed by atoms with van der Waals surface area (Å²) in [6.45, 7) is 2.66. The van der Waals surface area contributed by atoms with E-state index in [1.807, 2.05) is 6.92 Å². The van der Waals surface area contributed by atoms with Gasteiger partial charge in [-0.1, -0.05) is 0 Å². The lowest BCUT2D eigenvalue weighted by molar-refractivity contribution is -0.136. The highest BCUT2D eigenvalue weighted by molar-refractivity contribution is 7.17. The van der Waals surface area contributed by atoms with Crippen LogP contribution in [0, 0.1) is 5.92 Å². The van der Waals surface area contributed by atoms with Crippen LogP contribution in [0.4, 0.5) is 18.0 Å². The number of amides is 2. The molecule has 2 aromatic rings. The van der Waals surface area contributed by atoms with Gasteiger partial charge in [-0.3, -0.25) is 4.79 Å². The number of fused-ring (bicyclic) bond motifs is 1. The fourth-order valence-electron chi connectivity index (χ4n) is 3.77. The van der Waals surface area contributed by atoms with Crippen molar-refractivity contribution in [2.45, 2.75) is 51.0 Å². The van der Waals surface area contributed by atoms with Crippen LogP contribution in [-0.2, 0) is 10.9 Å². The third kappa shape index (κ3) is 4.77. The summed E-state index contributed by atoms with van der Waals surface area (Å²) in [6.07, 6.45) is -2.44. The minimum Gasteiger partial charge on any atom is -0.474 e. The molecule has 1 saturated heterocycles. The van der Waals surface area contributed by atoms with Gasteiger partial charge < -0.3 is 19.7 Å². The maximum atomic E-state index is 13.6. The van der Waals surface area contributed by atoms with Gasteiger partial charge >= 0.3 is 12.3 Å². The molecule has 2 fully saturated rings. The molecule has 7 nitrogen and oxygen atoms in total. The number of carbonyl (C=O) groups is 2. The third-order valence-corrected chi connectivity index (χ3v) is 6.84. The monoisotopic (exact) mass is 471 g/mol. The molecule has 32 heavy (non-hydrogen) atoms. The zero-order valence-electron chi connectivity index (χ0n) is 17.7. The van der Waals surface area contributed by atoms with E-state index in [2.05, 4.69) is 10.3 Å². The van der Waals surface area contributed by atoms with E-state index in [0.717, 1.165) is 30.2 Å². The minimum absolute atomic E-state index is 0.0331. The van der Waals surface area contributed by atoms with Gasteiger partial charge in [0.1, 0.15) is 12.2 Å². The van der Waals surface area contributed by atoms with Crippen LogP contribution in [0.25, 0.3) is 10.2 Å². The number of rotatable bonds is 5. The molecule has 1 aliphatic carbocycles. The standard InChI is InChI=1S/C21H24F3N3O4S/c1-11(12-3-4-12)30-20(29)27-7-5-13(6-8-27)31-16-9-15(21(22,23)24)18-17(26-16)14(10-32-18)19(28)25-2/h9-13H,3-8H2,1-2H3,(H,25,28). The van der Waals surface area contributed by atoms with Crippen LogP contribution in [0.15, 0.2) is 11.4 Å². The van der Waals surface area contributed by atoms with E-state index >= 15 is 0 Å². The van der Waals surface area contributed by atoms with Crippen LogP contribution < -0.4 is 10.1 Å². The normalized spacial score (nSPS) is 18.5. The van der Waals surface area contributed by atoms with E-state index in [4.69, 9.17) is 9.47 Å². The first kappa shape index (κ1) is 22.6. The van der Waals surface area contributed by atoms with Crippen molar-refractivity contribution in [1.82, 2.24) is 15.2 Å². The molecular formula is C21H24F3N3O4S. The summed E-state index contributed by atoms with van der Waals surface area (Å²) in [5, 5.41) is 3.78. The number of piperidine rings is 1. The smallest absolute Gasteiger partial charge is 0.418 e. The first-order valence-electron chi connectivity index (χ1n) is 10.5. The lowest BCUT2D eigenvalue weighted by Gasteiger charge is -2.32. The lowest BCUT2D eigenvalue weighted by Crippen LogP contribution is -2.43. The summed E-state index contributed by atoms with van der Waals surface area (Å²) in [5.74, 6) is -0.251. The van der Waals surface area contributed by atoms with Crippen molar-refractivity contribution in [2.75, 3.05) is 20.1 Å². The molecular weight excluding hydrogens is 447 g/mol. The number of carbonyl (C=O) groups excluding carboxylic acids is 2. The maximum Gasteiger partial charge on any atom is 0.418 e. The second kappa shape index (κ2) is 8.76. The molecule has 1 N–H and O–H groups in total. The van der Waals surface area contributed by atoms with Crippen molar-refractivity contribution < 1.29 is 32.2 Å². The van der Waals surface area contributed by atoms with Gasteiger partial charge in [0.25, 0.3) is 5.91 Å². The number of likely N-dealkylation sites (tertiary alicyclic amines) is 1. The second-order valence-electron chi connectivity index (χ2n) is 8.14. The van der Waals surface area contributed by atoms with Crippen LogP contribution in [0.2, 0.25) is 0 Å². The fourth-order valence-corrected chi connectivity index (χ4v) is 4.80. The topological polar surface area (TPSA) is 80.8 Å². The average molecular weight is 472 g/mol. The number of thiophene rings is 1. The molecule has 0 radical (unpaired) electrons. The van der Waals surface area contributed by atoms with Gasteiger partial charge in [0.2, 0.25) is 5.88 Å². The Hall–Kier alpha value is -2.56. The number of hydrogen-bond donors (Lipinski definition) is 1. The molecule has 2 aromatic heterocycles. The lowest BCUT2D eigenvalue weighted by atomic mass is 10.1. The Morgan fingerprint density at radius 2 is 1.94 bits per heavy atom. The van der Waals surface area contributed by atoms with Crippen LogP contribution in [-0.4, -0.2) is 54.2 Å². The van der Waals surface area contributed by atoms with Crippen molar-refractivity contribution >= 4 is 33.6 Å². The molecule has 0 bridgehead atoms. The molecule has 2 amide bonds. The summed E-state index contributed by atoms with van der Waals surface area (Å²) in [4.78, 5) is 30.2. The minimum atomic E-state index is -4.62. The van der Waals surface area contributed by atoms with E-state index in [1.54, 1.807) is 4.90 Å². The number of ether oxygens (including phenoxy) is 2. The summed E-state index contributed by atoms with van der Waals surface area (Å²) >= 11 is 0.824. The Bertz CT molecular complexity index is 1010. The molecule has 174 valence electrons. The highest BCUT2D eigenvalue weighted by Crippen LogP contribution is 2.40. The Morgan fingerprint density at radius 1 is 1.25 bits per heavy atom. The van der Waals surface area contributed by atoms with Crippen molar-refractivity contribution in [3.8, 4) is 5.88 Å². The van der Waals surface area contributed by atoms with E-state index in [1.165, 1.54) is 12.4 Å². The number of hydrogen-bond acceptors (Lipinski definition) is 6. The van der Waals surface area contributed by atoms with Crippen molar-refractivity contribution in [2.24, 2.45) is 5.92 Å². The molecule has 1 saturated carbocycles. The number of nitrogens with one attached hydrogen (secondary N) is 1. The Morgan fingerprint density at radius 3 is 2.53 bits per heavy atom. The van der Waals surface area contributed by atoms with Gasteiger partial charge in [-0.05, 0) is 25.7 Å². The fraction of sp³-hybridized carbons (Fsp3) is 0.571. The van der Waals surface area contributed by atoms with Gasteiger partial charge in [0, 0.05) is 44.4 Å². The van der Waals surface area contributed by atoms with E-state index < -0.39 is 23.8 Å². The van der Waals surface area contributed by atoms with E-state index in [9.17, 15) is 22.8 Å². The Balaban J connectivity index is 1.47. The molecule has 4 rings (SSSR count). The molecule has 1 unspecified atom stereocenters. The predicted octanol–water partition coefficient (Wildman–Crippen LogP) is 4.45. The molecule has 2 aliphatic rings. The number of halogens is 3. The van der Waals surface area contributed by atoms with Crippen LogP contribution >= 0.6 is 11.3 Å². The largest absolute Gasteiger partial charge is 0.474 e. The predicted molar refractivity (Wildman–Crippen MR) is 112 cm³/mol. The van der Waals surface area contributed by atoms with E-state index in [0.29, 0.717) is 31.8 Å². The zero-order chi connectivity index (χ0) is 23.0. The average Bonchev–Trinajstić information content (AvgIpc) is 3.52. The van der Waals surface area contributed by atoms with E-state index in [-0.39, 0.29) is 33.9 Å². The number of alkyl halides is 3. The van der Waals surface area contributed by atoms with Crippen LogP contribution in [0.1, 0.15) is 48.5 Å². The summed E-state index contributed by atoms with van der Waals surface area (Å²) in [7, 11) is 1.40. The van der Waals surface area contributed by atoms with Gasteiger partial charge in [-0.15, -0.1) is 11.3 Å². The van der Waals surface area contributed by atoms with Gasteiger partial charge in [0.15, 0.2) is 0 Å². The maximum absolute atomic E-state index is 13.6. The van der Waals surface area contributed by atoms with Crippen LogP contribution in [0.5, 0.6) is 5.88 Å². The molecule has 1 aliphatic heterocycles. The SMILES string of the molecule is CNC(=O)c1csc2c(C(F)(F)F)cc(OC3CCN(C(=O)OC(C)C4CC4)CC3)nc12. The quantitative estimate of drug-likeness (QED) is 0.697. The molecule has 3 heterocycles.